The second-order valence-corrected chi connectivity index (χ2v) is 5.44. The van der Waals surface area contributed by atoms with Crippen molar-refractivity contribution in [3.63, 3.8) is 0 Å². The summed E-state index contributed by atoms with van der Waals surface area (Å²) in [6.45, 7) is 2.66. The number of alkyl halides is 3. The lowest BCUT2D eigenvalue weighted by Crippen LogP contribution is -2.30. The monoisotopic (exact) mass is 296 g/mol. The van der Waals surface area contributed by atoms with Gasteiger partial charge in [0.1, 0.15) is 0 Å². The maximum absolute atomic E-state index is 12.2. The Kier molecular flexibility index (Phi) is 4.09. The van der Waals surface area contributed by atoms with Crippen molar-refractivity contribution < 1.29 is 26.4 Å². The van der Waals surface area contributed by atoms with Gasteiger partial charge in [-0.15, -0.1) is 0 Å². The van der Waals surface area contributed by atoms with Crippen LogP contribution in [0.25, 0.3) is 0 Å². The van der Waals surface area contributed by atoms with Gasteiger partial charge < -0.3 is 5.32 Å². The molecule has 2 N–H and O–H groups in total. The van der Waals surface area contributed by atoms with Gasteiger partial charge in [0, 0.05) is 12.6 Å². The average Bonchev–Trinajstić information content (AvgIpc) is 2.20. The number of amides is 1. The van der Waals surface area contributed by atoms with Crippen LogP contribution < -0.4 is 10.0 Å². The van der Waals surface area contributed by atoms with Gasteiger partial charge in [0.05, 0.1) is 5.69 Å². The van der Waals surface area contributed by atoms with Crippen molar-refractivity contribution >= 4 is 27.3 Å². The Balaban J connectivity index is 3.11. The van der Waals surface area contributed by atoms with Gasteiger partial charge in [-0.05, 0) is 24.6 Å². The van der Waals surface area contributed by atoms with Crippen LogP contribution in [0.3, 0.4) is 0 Å². The average molecular weight is 296 g/mol. The molecule has 0 unspecified atom stereocenters. The molecule has 0 saturated heterocycles. The lowest BCUT2D eigenvalue weighted by molar-refractivity contribution is -0.114. The van der Waals surface area contributed by atoms with E-state index in [1.165, 1.54) is 30.7 Å². The van der Waals surface area contributed by atoms with Gasteiger partial charge in [-0.25, -0.2) is 0 Å². The van der Waals surface area contributed by atoms with Crippen molar-refractivity contribution in [1.29, 1.82) is 0 Å². The fourth-order valence-electron chi connectivity index (χ4n) is 1.22. The molecular weight excluding hydrogens is 285 g/mol. The first kappa shape index (κ1) is 15.3. The van der Waals surface area contributed by atoms with Crippen molar-refractivity contribution in [3.8, 4) is 0 Å². The molecule has 0 saturated carbocycles. The van der Waals surface area contributed by atoms with Crippen LogP contribution in [-0.4, -0.2) is 19.8 Å². The van der Waals surface area contributed by atoms with Crippen molar-refractivity contribution in [2.24, 2.45) is 0 Å². The van der Waals surface area contributed by atoms with Gasteiger partial charge in [-0.3, -0.25) is 9.52 Å². The molecule has 0 aromatic heterocycles. The van der Waals surface area contributed by atoms with Crippen LogP contribution in [-0.2, 0) is 14.8 Å². The minimum Gasteiger partial charge on any atom is -0.326 e. The summed E-state index contributed by atoms with van der Waals surface area (Å²) in [4.78, 5) is 10.8. The molecule has 106 valence electrons. The van der Waals surface area contributed by atoms with E-state index in [2.05, 4.69) is 5.32 Å². The van der Waals surface area contributed by atoms with Crippen LogP contribution in [0.1, 0.15) is 12.5 Å². The topological polar surface area (TPSA) is 75.3 Å². The second kappa shape index (κ2) is 5.08. The molecule has 9 heteroatoms. The number of carbonyl (C=O) groups excluding carboxylic acids is 1. The maximum atomic E-state index is 12.2. The van der Waals surface area contributed by atoms with Gasteiger partial charge in [0.2, 0.25) is 5.91 Å². The fourth-order valence-corrected chi connectivity index (χ4v) is 1.84. The molecule has 0 bridgehead atoms. The fraction of sp³-hybridized carbons (Fsp3) is 0.300. The van der Waals surface area contributed by atoms with Gasteiger partial charge in [0.25, 0.3) is 0 Å². The lowest BCUT2D eigenvalue weighted by atomic mass is 10.2. The van der Waals surface area contributed by atoms with Crippen LogP contribution in [0.15, 0.2) is 18.2 Å². The molecule has 0 heterocycles. The molecular formula is C10H11F3N2O3S. The minimum absolute atomic E-state index is 0.193. The predicted octanol–water partition coefficient (Wildman–Crippen LogP) is 2.21. The quantitative estimate of drug-likeness (QED) is 0.898. The summed E-state index contributed by atoms with van der Waals surface area (Å²) in [7, 11) is -5.48. The summed E-state index contributed by atoms with van der Waals surface area (Å²) in [5, 5.41) is 2.34. The molecule has 0 radical (unpaired) electrons. The molecule has 1 amide bonds. The second-order valence-electron chi connectivity index (χ2n) is 3.76. The van der Waals surface area contributed by atoms with Gasteiger partial charge in [0.15, 0.2) is 0 Å². The number of halogens is 3. The first-order chi connectivity index (χ1) is 8.53. The molecule has 1 rings (SSSR count). The predicted molar refractivity (Wildman–Crippen MR) is 64.1 cm³/mol. The first-order valence-electron chi connectivity index (χ1n) is 5.00. The van der Waals surface area contributed by atoms with E-state index in [0.717, 1.165) is 6.07 Å². The molecule has 0 aliphatic carbocycles. The maximum Gasteiger partial charge on any atom is 0.516 e. The highest BCUT2D eigenvalue weighted by Crippen LogP contribution is 2.28. The van der Waals surface area contributed by atoms with Crippen molar-refractivity contribution in [1.82, 2.24) is 0 Å². The Morgan fingerprint density at radius 3 is 2.32 bits per heavy atom. The number of hydrogen-bond donors (Lipinski definition) is 2. The Labute approximate surface area is 107 Å². The van der Waals surface area contributed by atoms with Crippen LogP contribution in [0.2, 0.25) is 0 Å². The zero-order valence-corrected chi connectivity index (χ0v) is 10.8. The molecule has 19 heavy (non-hydrogen) atoms. The standard InChI is InChI=1S/C10H11F3N2O3S/c1-6-3-4-8(14-7(2)16)5-9(6)15-19(17,18)10(11,12)13/h3-5,15H,1-2H3,(H,14,16). The number of nitrogens with one attached hydrogen (secondary N) is 2. The normalized spacial score (nSPS) is 12.1. The Bertz CT molecular complexity index is 597. The molecule has 1 aromatic rings. The van der Waals surface area contributed by atoms with E-state index < -0.39 is 21.4 Å². The zero-order valence-electron chi connectivity index (χ0n) is 10.00. The van der Waals surface area contributed by atoms with E-state index in [-0.39, 0.29) is 11.4 Å². The Hall–Kier alpha value is -1.77. The van der Waals surface area contributed by atoms with E-state index in [1.54, 1.807) is 0 Å². The number of anilines is 2. The highest BCUT2D eigenvalue weighted by Gasteiger charge is 2.46. The van der Waals surface area contributed by atoms with Crippen molar-refractivity contribution in [2.75, 3.05) is 10.0 Å². The van der Waals surface area contributed by atoms with E-state index in [0.29, 0.717) is 5.56 Å². The Morgan fingerprint density at radius 2 is 1.84 bits per heavy atom. The molecule has 5 nitrogen and oxygen atoms in total. The molecule has 0 fully saturated rings. The summed E-state index contributed by atoms with van der Waals surface area (Å²) in [6.07, 6.45) is 0. The Morgan fingerprint density at radius 1 is 1.26 bits per heavy atom. The van der Waals surface area contributed by atoms with E-state index in [9.17, 15) is 26.4 Å². The number of aryl methyl sites for hydroxylation is 1. The highest BCUT2D eigenvalue weighted by molar-refractivity contribution is 7.93. The number of sulfonamides is 1. The van der Waals surface area contributed by atoms with E-state index in [1.807, 2.05) is 0 Å². The summed E-state index contributed by atoms with van der Waals surface area (Å²) < 4.78 is 60.1. The van der Waals surface area contributed by atoms with E-state index in [4.69, 9.17) is 0 Å². The molecule has 1 aromatic carbocycles. The van der Waals surface area contributed by atoms with Crippen LogP contribution >= 0.6 is 0 Å². The summed E-state index contributed by atoms with van der Waals surface area (Å²) in [5.41, 5.74) is -5.16. The summed E-state index contributed by atoms with van der Waals surface area (Å²) >= 11 is 0. The SMILES string of the molecule is CC(=O)Nc1ccc(C)c(NS(=O)(=O)C(F)(F)F)c1. The first-order valence-corrected chi connectivity index (χ1v) is 6.48. The molecule has 0 aliphatic heterocycles. The number of benzene rings is 1. The molecule has 0 spiro atoms. The third-order valence-electron chi connectivity index (χ3n) is 2.11. The van der Waals surface area contributed by atoms with Gasteiger partial charge in [-0.2, -0.15) is 21.6 Å². The van der Waals surface area contributed by atoms with Crippen molar-refractivity contribution in [2.45, 2.75) is 19.4 Å². The van der Waals surface area contributed by atoms with E-state index >= 15 is 0 Å². The van der Waals surface area contributed by atoms with Crippen LogP contribution in [0.4, 0.5) is 24.5 Å². The molecule has 0 atom stereocenters. The summed E-state index contributed by atoms with van der Waals surface area (Å²) in [5.74, 6) is -0.423. The highest BCUT2D eigenvalue weighted by atomic mass is 32.2. The summed E-state index contributed by atoms with van der Waals surface area (Å²) in [6, 6.07) is 3.95. The number of hydrogen-bond acceptors (Lipinski definition) is 3. The largest absolute Gasteiger partial charge is 0.516 e. The van der Waals surface area contributed by atoms with Gasteiger partial charge >= 0.3 is 15.5 Å². The van der Waals surface area contributed by atoms with Crippen LogP contribution in [0, 0.1) is 6.92 Å². The van der Waals surface area contributed by atoms with Gasteiger partial charge in [-0.1, -0.05) is 6.07 Å². The van der Waals surface area contributed by atoms with Crippen molar-refractivity contribution in [3.05, 3.63) is 23.8 Å². The zero-order chi connectivity index (χ0) is 14.8. The minimum atomic E-state index is -5.48. The molecule has 0 aliphatic rings. The number of rotatable bonds is 3. The smallest absolute Gasteiger partial charge is 0.326 e. The third kappa shape index (κ3) is 3.85. The third-order valence-corrected chi connectivity index (χ3v) is 3.21. The van der Waals surface area contributed by atoms with Crippen LogP contribution in [0.5, 0.6) is 0 Å². The number of carbonyl (C=O) groups is 1. The lowest BCUT2D eigenvalue weighted by Gasteiger charge is -2.13.